The molecule has 0 nitrogen and oxygen atoms in total. The van der Waals surface area contributed by atoms with Crippen molar-refractivity contribution >= 4 is 0 Å². The molecule has 0 saturated heterocycles. The van der Waals surface area contributed by atoms with Crippen LogP contribution in [0.5, 0.6) is 0 Å². The van der Waals surface area contributed by atoms with Gasteiger partial charge >= 0.3 is 0 Å². The Balaban J connectivity index is 2.03. The number of hydrogen-bond donors (Lipinski definition) is 0. The number of fused-ring (bicyclic) bond motifs is 2. The molecule has 0 amide bonds. The molecule has 0 aromatic rings. The highest BCUT2D eigenvalue weighted by atomic mass is 14.2. The summed E-state index contributed by atoms with van der Waals surface area (Å²) in [5, 5.41) is 0. The second-order valence-corrected chi connectivity index (χ2v) is 3.93. The fourth-order valence-electron chi connectivity index (χ4n) is 2.13. The molecule has 0 heteroatoms. The van der Waals surface area contributed by atoms with Crippen LogP contribution in [-0.4, -0.2) is 0 Å². The van der Waals surface area contributed by atoms with Gasteiger partial charge in [-0.1, -0.05) is 43.1 Å². The molecule has 0 aromatic carbocycles. The van der Waals surface area contributed by atoms with Crippen molar-refractivity contribution in [3.05, 3.63) is 29.7 Å². The molecule has 12 heavy (non-hydrogen) atoms. The summed E-state index contributed by atoms with van der Waals surface area (Å²) >= 11 is 0. The smallest absolute Gasteiger partial charge is 0.00162 e. The lowest BCUT2D eigenvalue weighted by atomic mass is 9.90. The summed E-state index contributed by atoms with van der Waals surface area (Å²) in [7, 11) is 0. The summed E-state index contributed by atoms with van der Waals surface area (Å²) < 4.78 is 0. The van der Waals surface area contributed by atoms with Crippen LogP contribution in [0.4, 0.5) is 0 Å². The van der Waals surface area contributed by atoms with E-state index in [1.807, 2.05) is 0 Å². The Kier molecular flexibility index (Phi) is 2.65. The predicted octanol–water partition coefficient (Wildman–Crippen LogP) is 3.80. The van der Waals surface area contributed by atoms with Crippen LogP contribution in [0, 0.1) is 5.92 Å². The average molecular weight is 161 g/mol. The normalized spacial score (nSPS) is 25.5. The fourth-order valence-corrected chi connectivity index (χ4v) is 2.13. The molecule has 0 atom stereocenters. The third-order valence-corrected chi connectivity index (χ3v) is 2.86. The van der Waals surface area contributed by atoms with Gasteiger partial charge in [0.05, 0.1) is 0 Å². The Morgan fingerprint density at radius 3 is 2.67 bits per heavy atom. The molecule has 1 radical (unpaired) electrons. The molecule has 0 aliphatic heterocycles. The van der Waals surface area contributed by atoms with Crippen LogP contribution in [0.15, 0.2) is 23.8 Å². The van der Waals surface area contributed by atoms with E-state index in [-0.39, 0.29) is 0 Å². The summed E-state index contributed by atoms with van der Waals surface area (Å²) in [5.74, 6) is 1.66. The first-order valence-electron chi connectivity index (χ1n) is 5.16. The molecule has 0 N–H and O–H groups in total. The summed E-state index contributed by atoms with van der Waals surface area (Å²) in [4.78, 5) is 0. The van der Waals surface area contributed by atoms with Crippen molar-refractivity contribution in [2.24, 2.45) is 0 Å². The standard InChI is InChI=1S/C12H17/c1-2-4-7-12-9-5-8-11(10-12)6-3-1/h5,8-9H,1-4,6-7,10H2. The van der Waals surface area contributed by atoms with E-state index in [0.717, 1.165) is 0 Å². The van der Waals surface area contributed by atoms with E-state index < -0.39 is 0 Å². The maximum absolute atomic E-state index is 2.31. The first-order valence-corrected chi connectivity index (χ1v) is 5.16. The van der Waals surface area contributed by atoms with Gasteiger partial charge in [-0.2, -0.15) is 0 Å². The van der Waals surface area contributed by atoms with Crippen molar-refractivity contribution in [3.8, 4) is 0 Å². The highest BCUT2D eigenvalue weighted by Crippen LogP contribution is 2.30. The molecule has 0 spiro atoms. The maximum atomic E-state index is 2.31. The minimum Gasteiger partial charge on any atom is -0.0771 e. The number of rotatable bonds is 0. The van der Waals surface area contributed by atoms with Gasteiger partial charge in [-0.05, 0) is 25.7 Å². The minimum atomic E-state index is 1.27. The third kappa shape index (κ3) is 2.00. The van der Waals surface area contributed by atoms with Crippen molar-refractivity contribution in [1.29, 1.82) is 0 Å². The molecule has 2 aliphatic rings. The zero-order valence-electron chi connectivity index (χ0n) is 7.68. The zero-order chi connectivity index (χ0) is 8.23. The summed E-state index contributed by atoms with van der Waals surface area (Å²) in [6.45, 7) is 0. The van der Waals surface area contributed by atoms with E-state index in [0.29, 0.717) is 0 Å². The van der Waals surface area contributed by atoms with Crippen LogP contribution in [0.1, 0.15) is 44.9 Å². The van der Waals surface area contributed by atoms with E-state index in [1.165, 1.54) is 44.9 Å². The Morgan fingerprint density at radius 2 is 1.75 bits per heavy atom. The van der Waals surface area contributed by atoms with Crippen LogP contribution < -0.4 is 0 Å². The Bertz CT molecular complexity index is 198. The number of hydrogen-bond acceptors (Lipinski definition) is 0. The largest absolute Gasteiger partial charge is 0.0771 e. The third-order valence-electron chi connectivity index (χ3n) is 2.86. The van der Waals surface area contributed by atoms with Crippen LogP contribution in [0.3, 0.4) is 0 Å². The Hall–Kier alpha value is -0.520. The molecular weight excluding hydrogens is 144 g/mol. The molecule has 2 bridgehead atoms. The lowest BCUT2D eigenvalue weighted by Crippen LogP contribution is -1.98. The second kappa shape index (κ2) is 3.93. The molecule has 2 aliphatic carbocycles. The van der Waals surface area contributed by atoms with Crippen molar-refractivity contribution < 1.29 is 0 Å². The Morgan fingerprint density at radius 1 is 0.917 bits per heavy atom. The number of allylic oxidation sites excluding steroid dienone is 4. The van der Waals surface area contributed by atoms with Crippen LogP contribution in [-0.2, 0) is 0 Å². The lowest BCUT2D eigenvalue weighted by Gasteiger charge is -2.15. The minimum absolute atomic E-state index is 1.27. The van der Waals surface area contributed by atoms with Crippen LogP contribution >= 0.6 is 0 Å². The topological polar surface area (TPSA) is 0 Å². The van der Waals surface area contributed by atoms with Gasteiger partial charge in [0.15, 0.2) is 0 Å². The van der Waals surface area contributed by atoms with Gasteiger partial charge in [0.2, 0.25) is 0 Å². The van der Waals surface area contributed by atoms with Crippen LogP contribution in [0.2, 0.25) is 0 Å². The van der Waals surface area contributed by atoms with Gasteiger partial charge in [0.25, 0.3) is 0 Å². The summed E-state index contributed by atoms with van der Waals surface area (Å²) in [6.07, 6.45) is 16.5. The van der Waals surface area contributed by atoms with Crippen molar-refractivity contribution in [2.45, 2.75) is 44.9 Å². The van der Waals surface area contributed by atoms with Gasteiger partial charge in [-0.3, -0.25) is 0 Å². The first-order chi connectivity index (χ1) is 5.95. The highest BCUT2D eigenvalue weighted by molar-refractivity contribution is 5.29. The average Bonchev–Trinajstić information content (AvgIpc) is 2.17. The van der Waals surface area contributed by atoms with E-state index in [4.69, 9.17) is 0 Å². The molecule has 1 fully saturated rings. The Labute approximate surface area is 75.4 Å². The predicted molar refractivity (Wildman–Crippen MR) is 52.8 cm³/mol. The van der Waals surface area contributed by atoms with Gasteiger partial charge in [0, 0.05) is 5.92 Å². The molecule has 0 unspecified atom stereocenters. The van der Waals surface area contributed by atoms with Gasteiger partial charge in [-0.25, -0.2) is 0 Å². The second-order valence-electron chi connectivity index (χ2n) is 3.93. The molecule has 1 saturated carbocycles. The van der Waals surface area contributed by atoms with Crippen molar-refractivity contribution in [3.63, 3.8) is 0 Å². The van der Waals surface area contributed by atoms with Crippen LogP contribution in [0.25, 0.3) is 0 Å². The van der Waals surface area contributed by atoms with E-state index in [1.54, 1.807) is 11.5 Å². The van der Waals surface area contributed by atoms with Crippen molar-refractivity contribution in [2.75, 3.05) is 0 Å². The monoisotopic (exact) mass is 161 g/mol. The van der Waals surface area contributed by atoms with Crippen molar-refractivity contribution in [1.82, 2.24) is 0 Å². The van der Waals surface area contributed by atoms with E-state index in [2.05, 4.69) is 18.2 Å². The fraction of sp³-hybridized carbons (Fsp3) is 0.583. The molecular formula is C12H17. The first kappa shape index (κ1) is 8.10. The van der Waals surface area contributed by atoms with E-state index in [9.17, 15) is 0 Å². The molecule has 2 rings (SSSR count). The SMILES string of the molecule is C1=C[C]2CCCCCCC(=C1)C2. The summed E-state index contributed by atoms with van der Waals surface area (Å²) in [5.41, 5.74) is 1.66. The molecule has 0 aromatic heterocycles. The quantitative estimate of drug-likeness (QED) is 0.507. The van der Waals surface area contributed by atoms with E-state index >= 15 is 0 Å². The summed E-state index contributed by atoms with van der Waals surface area (Å²) in [6, 6.07) is 0. The lowest BCUT2D eigenvalue weighted by molar-refractivity contribution is 0.645. The van der Waals surface area contributed by atoms with Gasteiger partial charge in [0.1, 0.15) is 0 Å². The maximum Gasteiger partial charge on any atom is 0.00162 e. The van der Waals surface area contributed by atoms with Gasteiger partial charge in [-0.15, -0.1) is 0 Å². The molecule has 65 valence electrons. The highest BCUT2D eigenvalue weighted by Gasteiger charge is 2.13. The zero-order valence-corrected chi connectivity index (χ0v) is 7.68. The molecule has 0 heterocycles. The van der Waals surface area contributed by atoms with Gasteiger partial charge < -0.3 is 0 Å².